The van der Waals surface area contributed by atoms with Gasteiger partial charge in [-0.3, -0.25) is 9.78 Å². The van der Waals surface area contributed by atoms with Crippen LogP contribution in [0.3, 0.4) is 0 Å². The van der Waals surface area contributed by atoms with Crippen molar-refractivity contribution in [1.29, 1.82) is 0 Å². The van der Waals surface area contributed by atoms with Crippen molar-refractivity contribution in [3.05, 3.63) is 16.7 Å². The zero-order valence-corrected chi connectivity index (χ0v) is 16.3. The topological polar surface area (TPSA) is 232 Å². The Bertz CT molecular complexity index is 955. The molecule has 0 aliphatic rings. The van der Waals surface area contributed by atoms with Gasteiger partial charge in [0.2, 0.25) is 14.3 Å². The van der Waals surface area contributed by atoms with Crippen molar-refractivity contribution in [3.8, 4) is 0 Å². The molecule has 0 saturated heterocycles. The maximum absolute atomic E-state index is 11.7. The predicted molar refractivity (Wildman–Crippen MR) is 91.2 cm³/mol. The van der Waals surface area contributed by atoms with Crippen LogP contribution in [-0.2, 0) is 29.0 Å². The molecule has 0 bridgehead atoms. The molecule has 27 heavy (non-hydrogen) atoms. The largest absolute Gasteiger partial charge is 0.486 e. The lowest BCUT2D eigenvalue weighted by atomic mass is 10.4. The highest BCUT2D eigenvalue weighted by atomic mass is 31.3. The molecular formula is C9H16N5O10P3. The fourth-order valence-electron chi connectivity index (χ4n) is 1.92. The van der Waals surface area contributed by atoms with E-state index < -0.39 is 42.0 Å². The molecule has 7 N–H and O–H groups in total. The summed E-state index contributed by atoms with van der Waals surface area (Å²) in [6.45, 7) is 1.71. The van der Waals surface area contributed by atoms with Gasteiger partial charge < -0.3 is 34.6 Å². The van der Waals surface area contributed by atoms with E-state index in [1.807, 2.05) is 0 Å². The van der Waals surface area contributed by atoms with Crippen LogP contribution in [0, 0.1) is 0 Å². The molecule has 0 aliphatic carbocycles. The summed E-state index contributed by atoms with van der Waals surface area (Å²) in [4.78, 5) is 57.5. The van der Waals surface area contributed by atoms with Crippen molar-refractivity contribution >= 4 is 41.1 Å². The SMILES string of the molecule is CC(Cn1cnc2c(=O)[nH]c(N)nc21)OCP(O)OP(=O)(O)OP(=O)(O)O. The summed E-state index contributed by atoms with van der Waals surface area (Å²) in [6.07, 6.45) is 0.167. The van der Waals surface area contributed by atoms with Crippen LogP contribution in [0.15, 0.2) is 11.1 Å². The number of nitrogens with one attached hydrogen (secondary N) is 1. The monoisotopic (exact) mass is 447 g/mol. The molecule has 2 aromatic rings. The number of H-pyrrole nitrogens is 1. The second-order valence-corrected chi connectivity index (χ2v) is 9.29. The summed E-state index contributed by atoms with van der Waals surface area (Å²) in [5.74, 6) is -0.0983. The fourth-order valence-corrected chi connectivity index (χ4v) is 4.90. The lowest BCUT2D eigenvalue weighted by Crippen LogP contribution is -2.18. The van der Waals surface area contributed by atoms with Gasteiger partial charge in [-0.25, -0.2) is 18.4 Å². The highest BCUT2D eigenvalue weighted by Crippen LogP contribution is 2.63. The normalized spacial score (nSPS) is 16.9. The minimum absolute atomic E-state index is 0.0694. The van der Waals surface area contributed by atoms with Gasteiger partial charge in [-0.15, -0.1) is 0 Å². The van der Waals surface area contributed by atoms with Crippen LogP contribution in [0.25, 0.3) is 11.2 Å². The first-order valence-electron chi connectivity index (χ1n) is 6.94. The summed E-state index contributed by atoms with van der Waals surface area (Å²) < 4.78 is 36.3. The number of nitrogens with two attached hydrogens (primary N) is 1. The molecule has 0 aromatic carbocycles. The molecule has 2 heterocycles. The van der Waals surface area contributed by atoms with Gasteiger partial charge >= 0.3 is 15.6 Å². The molecule has 2 aromatic heterocycles. The van der Waals surface area contributed by atoms with Crippen LogP contribution in [0.2, 0.25) is 0 Å². The Labute approximate surface area is 151 Å². The van der Waals surface area contributed by atoms with Gasteiger partial charge in [-0.1, -0.05) is 0 Å². The van der Waals surface area contributed by atoms with Crippen LogP contribution in [0.5, 0.6) is 0 Å². The maximum atomic E-state index is 11.7. The van der Waals surface area contributed by atoms with Crippen LogP contribution >= 0.6 is 24.0 Å². The van der Waals surface area contributed by atoms with Crippen LogP contribution in [0.1, 0.15) is 6.92 Å². The second kappa shape index (κ2) is 8.41. The van der Waals surface area contributed by atoms with Gasteiger partial charge in [0.05, 0.1) is 19.0 Å². The Morgan fingerprint density at radius 2 is 2.07 bits per heavy atom. The van der Waals surface area contributed by atoms with Crippen LogP contribution < -0.4 is 11.3 Å². The van der Waals surface area contributed by atoms with Gasteiger partial charge in [0.15, 0.2) is 11.2 Å². The number of hydrogen-bond donors (Lipinski definition) is 6. The molecule has 18 heteroatoms. The summed E-state index contributed by atoms with van der Waals surface area (Å²) in [5, 5.41) is 0. The lowest BCUT2D eigenvalue weighted by Gasteiger charge is -2.18. The summed E-state index contributed by atoms with van der Waals surface area (Å²) in [5.41, 5.74) is 5.25. The number of nitrogen functional groups attached to an aromatic ring is 1. The standard InChI is InChI=1S/C9H16N5O10P3/c1-5(22-4-25(16)23-27(20,21)24-26(17,18)19)2-14-3-11-6-7(14)12-9(10)13-8(6)15/h3,5,16H,2,4H2,1H3,(H,20,21)(H2,17,18,19)(H3,10,12,13,15). The van der Waals surface area contributed by atoms with Gasteiger partial charge in [0.1, 0.15) is 6.35 Å². The number of rotatable bonds is 9. The van der Waals surface area contributed by atoms with Gasteiger partial charge in [-0.2, -0.15) is 9.29 Å². The molecule has 0 aliphatic heterocycles. The smallest absolute Gasteiger partial charge is 0.369 e. The third-order valence-electron chi connectivity index (χ3n) is 2.82. The summed E-state index contributed by atoms with van der Waals surface area (Å²) in [7, 11) is -13.1. The molecule has 0 fully saturated rings. The van der Waals surface area contributed by atoms with E-state index in [9.17, 15) is 18.8 Å². The van der Waals surface area contributed by atoms with Gasteiger partial charge in [0, 0.05) is 0 Å². The summed E-state index contributed by atoms with van der Waals surface area (Å²) in [6, 6.07) is 0. The number of hydrogen-bond acceptors (Lipinski definition) is 10. The molecule has 0 radical (unpaired) electrons. The molecule has 3 unspecified atom stereocenters. The number of fused-ring (bicyclic) bond motifs is 1. The third kappa shape index (κ3) is 6.70. The first kappa shape index (κ1) is 22.1. The van der Waals surface area contributed by atoms with Gasteiger partial charge in [-0.05, 0) is 6.92 Å². The van der Waals surface area contributed by atoms with Crippen molar-refractivity contribution in [2.45, 2.75) is 19.6 Å². The van der Waals surface area contributed by atoms with E-state index in [0.717, 1.165) is 0 Å². The van der Waals surface area contributed by atoms with Crippen LogP contribution in [-0.4, -0.2) is 51.5 Å². The molecule has 15 nitrogen and oxygen atoms in total. The van der Waals surface area contributed by atoms with E-state index in [1.54, 1.807) is 6.92 Å². The Balaban J connectivity index is 1.93. The first-order valence-corrected chi connectivity index (χ1v) is 11.4. The minimum Gasteiger partial charge on any atom is -0.369 e. The van der Waals surface area contributed by atoms with E-state index in [1.165, 1.54) is 10.9 Å². The highest BCUT2D eigenvalue weighted by molar-refractivity contribution is 7.66. The zero-order chi connectivity index (χ0) is 20.4. The lowest BCUT2D eigenvalue weighted by molar-refractivity contribution is 0.0816. The molecule has 3 atom stereocenters. The average molecular weight is 447 g/mol. The maximum Gasteiger partial charge on any atom is 0.486 e. The van der Waals surface area contributed by atoms with E-state index >= 15 is 0 Å². The quantitative estimate of drug-likeness (QED) is 0.269. The molecule has 2 rings (SSSR count). The second-order valence-electron chi connectivity index (χ2n) is 5.10. The molecular weight excluding hydrogens is 431 g/mol. The average Bonchev–Trinajstić information content (AvgIpc) is 2.85. The van der Waals surface area contributed by atoms with Crippen molar-refractivity contribution in [2.75, 3.05) is 12.1 Å². The van der Waals surface area contributed by atoms with E-state index in [4.69, 9.17) is 25.2 Å². The minimum atomic E-state index is -5.29. The molecule has 0 spiro atoms. The van der Waals surface area contributed by atoms with Crippen molar-refractivity contribution in [1.82, 2.24) is 19.5 Å². The number of anilines is 1. The number of aromatic nitrogens is 4. The van der Waals surface area contributed by atoms with Crippen LogP contribution in [0.4, 0.5) is 5.95 Å². The fraction of sp³-hybridized carbons (Fsp3) is 0.444. The van der Waals surface area contributed by atoms with E-state index in [-0.39, 0.29) is 23.7 Å². The molecule has 0 saturated carbocycles. The van der Waals surface area contributed by atoms with Crippen molar-refractivity contribution in [2.24, 2.45) is 0 Å². The number of phosphoric acid groups is 2. The predicted octanol–water partition coefficient (Wildman–Crippen LogP) is -0.405. The van der Waals surface area contributed by atoms with E-state index in [0.29, 0.717) is 0 Å². The number of imidazole rings is 1. The van der Waals surface area contributed by atoms with Gasteiger partial charge in [0.25, 0.3) is 5.56 Å². The van der Waals surface area contributed by atoms with Crippen molar-refractivity contribution in [3.63, 3.8) is 0 Å². The Hall–Kier alpha value is -1.24. The Morgan fingerprint density at radius 3 is 2.70 bits per heavy atom. The third-order valence-corrected chi connectivity index (χ3v) is 6.45. The zero-order valence-electron chi connectivity index (χ0n) is 13.6. The highest BCUT2D eigenvalue weighted by Gasteiger charge is 2.35. The Kier molecular flexibility index (Phi) is 6.87. The van der Waals surface area contributed by atoms with E-state index in [2.05, 4.69) is 23.6 Å². The molecule has 0 amide bonds. The van der Waals surface area contributed by atoms with Crippen molar-refractivity contribution < 1.29 is 42.1 Å². The Morgan fingerprint density at radius 1 is 1.41 bits per heavy atom. The molecule has 152 valence electrons. The summed E-state index contributed by atoms with van der Waals surface area (Å²) >= 11 is 0. The number of nitrogens with zero attached hydrogens (tertiary/aromatic N) is 3. The number of ether oxygens (including phenoxy) is 1. The first-order chi connectivity index (χ1) is 12.4. The number of aromatic amines is 1.